The van der Waals surface area contributed by atoms with Crippen molar-refractivity contribution >= 4 is 23.6 Å². The van der Waals surface area contributed by atoms with E-state index in [9.17, 15) is 23.6 Å². The van der Waals surface area contributed by atoms with Crippen LogP contribution in [0.25, 0.3) is 0 Å². The number of rotatable bonds is 6. The van der Waals surface area contributed by atoms with E-state index < -0.39 is 41.8 Å². The van der Waals surface area contributed by atoms with Gasteiger partial charge in [0.15, 0.2) is 0 Å². The molecular weight excluding hydrogens is 379 g/mol. The second-order valence-corrected chi connectivity index (χ2v) is 7.99. The lowest BCUT2D eigenvalue weighted by molar-refractivity contribution is -0.136. The Morgan fingerprint density at radius 2 is 1.97 bits per heavy atom. The topological polar surface area (TPSA) is 108 Å². The molecule has 0 bridgehead atoms. The number of amides is 4. The molecule has 0 spiro atoms. The van der Waals surface area contributed by atoms with Crippen LogP contribution in [-0.2, 0) is 16.1 Å². The summed E-state index contributed by atoms with van der Waals surface area (Å²) in [5.74, 6) is -2.08. The van der Waals surface area contributed by atoms with E-state index in [0.717, 1.165) is 23.4 Å². The van der Waals surface area contributed by atoms with E-state index >= 15 is 0 Å². The summed E-state index contributed by atoms with van der Waals surface area (Å²) in [5.41, 5.74) is 0.908. The number of halogens is 1. The lowest BCUT2D eigenvalue weighted by Gasteiger charge is -2.27. The lowest BCUT2D eigenvalue weighted by atomic mass is 9.89. The van der Waals surface area contributed by atoms with Crippen molar-refractivity contribution in [2.75, 3.05) is 26.3 Å². The van der Waals surface area contributed by atoms with Gasteiger partial charge >= 0.3 is 0 Å². The largest absolute Gasteiger partial charge is 0.316 e. The van der Waals surface area contributed by atoms with Crippen molar-refractivity contribution in [3.8, 4) is 0 Å². The van der Waals surface area contributed by atoms with Gasteiger partial charge in [-0.15, -0.1) is 0 Å². The Morgan fingerprint density at radius 3 is 2.66 bits per heavy atom. The van der Waals surface area contributed by atoms with Crippen LogP contribution >= 0.6 is 0 Å². The highest BCUT2D eigenvalue weighted by Gasteiger charge is 2.44. The standard InChI is InChI=1S/C20H23FN4O4/c21-9-20(5-6-22-10-20)11-23-8-12-1-2-13-14(7-12)19(29)25(18(13)28)15-3-4-16(26)24-17(15)27/h1-2,7,15,22-23H,3-6,8-11H2,(H,24,26,27). The van der Waals surface area contributed by atoms with Gasteiger partial charge in [-0.3, -0.25) is 33.8 Å². The van der Waals surface area contributed by atoms with Crippen LogP contribution in [0.4, 0.5) is 4.39 Å². The Morgan fingerprint density at radius 1 is 1.17 bits per heavy atom. The minimum Gasteiger partial charge on any atom is -0.316 e. The van der Waals surface area contributed by atoms with Crippen LogP contribution in [0.5, 0.6) is 0 Å². The Kier molecular flexibility index (Phi) is 5.18. The molecule has 29 heavy (non-hydrogen) atoms. The summed E-state index contributed by atoms with van der Waals surface area (Å²) in [5, 5.41) is 8.61. The molecule has 154 valence electrons. The van der Waals surface area contributed by atoms with E-state index in [0.29, 0.717) is 19.6 Å². The van der Waals surface area contributed by atoms with E-state index in [2.05, 4.69) is 16.0 Å². The van der Waals surface area contributed by atoms with Crippen LogP contribution < -0.4 is 16.0 Å². The van der Waals surface area contributed by atoms with Gasteiger partial charge in [0, 0.05) is 31.5 Å². The number of hydrogen-bond donors (Lipinski definition) is 3. The first-order valence-corrected chi connectivity index (χ1v) is 9.76. The third-order valence-electron chi connectivity index (χ3n) is 5.95. The number of piperidine rings is 1. The highest BCUT2D eigenvalue weighted by molar-refractivity contribution is 6.23. The van der Waals surface area contributed by atoms with Gasteiger partial charge in [0.05, 0.1) is 17.8 Å². The van der Waals surface area contributed by atoms with Crippen molar-refractivity contribution < 1.29 is 23.6 Å². The minimum absolute atomic E-state index is 0.0875. The molecule has 3 heterocycles. The normalized spacial score (nSPS) is 26.8. The molecule has 2 fully saturated rings. The minimum atomic E-state index is -0.971. The Balaban J connectivity index is 1.45. The Bertz CT molecular complexity index is 881. The second-order valence-electron chi connectivity index (χ2n) is 7.99. The average Bonchev–Trinajstić information content (AvgIpc) is 3.27. The van der Waals surface area contributed by atoms with Crippen LogP contribution in [-0.4, -0.2) is 60.9 Å². The smallest absolute Gasteiger partial charge is 0.262 e. The van der Waals surface area contributed by atoms with Crippen LogP contribution in [0, 0.1) is 5.41 Å². The maximum atomic E-state index is 13.4. The summed E-state index contributed by atoms with van der Waals surface area (Å²) in [4.78, 5) is 49.9. The van der Waals surface area contributed by atoms with Crippen LogP contribution in [0.1, 0.15) is 45.5 Å². The molecule has 0 radical (unpaired) electrons. The number of nitrogens with one attached hydrogen (secondary N) is 3. The number of nitrogens with zero attached hydrogens (tertiary/aromatic N) is 1. The SMILES string of the molecule is O=C1CCC(N2C(=O)c3ccc(CNCC4(CF)CCNC4)cc3C2=O)C(=O)N1. The molecule has 1 aromatic rings. The molecule has 8 nitrogen and oxygen atoms in total. The van der Waals surface area contributed by atoms with Gasteiger partial charge in [0.25, 0.3) is 11.8 Å². The van der Waals surface area contributed by atoms with Gasteiger partial charge in [0.2, 0.25) is 11.8 Å². The molecule has 3 N–H and O–H groups in total. The zero-order chi connectivity index (χ0) is 20.6. The number of alkyl halides is 1. The molecule has 0 saturated carbocycles. The molecule has 9 heteroatoms. The van der Waals surface area contributed by atoms with Crippen molar-refractivity contribution in [3.05, 3.63) is 34.9 Å². The quantitative estimate of drug-likeness (QED) is 0.584. The van der Waals surface area contributed by atoms with Gasteiger partial charge in [-0.2, -0.15) is 0 Å². The number of imide groups is 2. The summed E-state index contributed by atoms with van der Waals surface area (Å²) < 4.78 is 13.4. The zero-order valence-corrected chi connectivity index (χ0v) is 15.9. The Hall–Kier alpha value is -2.65. The number of hydrogen-bond acceptors (Lipinski definition) is 6. The first-order chi connectivity index (χ1) is 13.9. The van der Waals surface area contributed by atoms with Crippen molar-refractivity contribution in [3.63, 3.8) is 0 Å². The second kappa shape index (κ2) is 7.64. The van der Waals surface area contributed by atoms with Crippen molar-refractivity contribution in [1.82, 2.24) is 20.9 Å². The van der Waals surface area contributed by atoms with Crippen molar-refractivity contribution in [1.29, 1.82) is 0 Å². The number of carbonyl (C=O) groups excluding carboxylic acids is 4. The fraction of sp³-hybridized carbons (Fsp3) is 0.500. The maximum Gasteiger partial charge on any atom is 0.262 e. The number of fused-ring (bicyclic) bond motifs is 1. The molecule has 3 aliphatic rings. The summed E-state index contributed by atoms with van der Waals surface area (Å²) in [7, 11) is 0. The first kappa shape index (κ1) is 19.7. The van der Waals surface area contributed by atoms with Gasteiger partial charge in [0.1, 0.15) is 6.04 Å². The van der Waals surface area contributed by atoms with Gasteiger partial charge in [-0.25, -0.2) is 0 Å². The predicted octanol–water partition coefficient (Wildman–Crippen LogP) is 0.127. The molecule has 3 aliphatic heterocycles. The monoisotopic (exact) mass is 402 g/mol. The summed E-state index contributed by atoms with van der Waals surface area (Å²) in [6, 6.07) is 4.00. The summed E-state index contributed by atoms with van der Waals surface area (Å²) in [6.45, 7) is 1.99. The van der Waals surface area contributed by atoms with Crippen molar-refractivity contribution in [2.24, 2.45) is 5.41 Å². The van der Waals surface area contributed by atoms with E-state index in [-0.39, 0.29) is 24.0 Å². The van der Waals surface area contributed by atoms with E-state index in [1.54, 1.807) is 18.2 Å². The zero-order valence-electron chi connectivity index (χ0n) is 15.9. The lowest BCUT2D eigenvalue weighted by Crippen LogP contribution is -2.54. The third kappa shape index (κ3) is 3.56. The van der Waals surface area contributed by atoms with Gasteiger partial charge in [-0.05, 0) is 37.1 Å². The van der Waals surface area contributed by atoms with E-state index in [1.165, 1.54) is 0 Å². The van der Waals surface area contributed by atoms with E-state index in [1.807, 2.05) is 0 Å². The third-order valence-corrected chi connectivity index (χ3v) is 5.95. The highest BCUT2D eigenvalue weighted by atomic mass is 19.1. The van der Waals surface area contributed by atoms with Crippen LogP contribution in [0.3, 0.4) is 0 Å². The summed E-state index contributed by atoms with van der Waals surface area (Å²) in [6.07, 6.45) is 0.989. The molecule has 4 rings (SSSR count). The van der Waals surface area contributed by atoms with E-state index in [4.69, 9.17) is 0 Å². The fourth-order valence-electron chi connectivity index (χ4n) is 4.21. The molecular formula is C20H23FN4O4. The van der Waals surface area contributed by atoms with Gasteiger partial charge in [-0.1, -0.05) is 6.07 Å². The molecule has 0 aromatic heterocycles. The summed E-state index contributed by atoms with van der Waals surface area (Å²) >= 11 is 0. The molecule has 2 atom stereocenters. The first-order valence-electron chi connectivity index (χ1n) is 9.76. The molecule has 0 aliphatic carbocycles. The number of carbonyl (C=O) groups is 4. The average molecular weight is 402 g/mol. The van der Waals surface area contributed by atoms with Crippen molar-refractivity contribution in [2.45, 2.75) is 31.8 Å². The molecule has 4 amide bonds. The molecule has 2 saturated heterocycles. The highest BCUT2D eigenvalue weighted by Crippen LogP contribution is 2.29. The fourth-order valence-corrected chi connectivity index (χ4v) is 4.21. The van der Waals surface area contributed by atoms with Gasteiger partial charge < -0.3 is 10.6 Å². The predicted molar refractivity (Wildman–Crippen MR) is 101 cm³/mol. The molecule has 2 unspecified atom stereocenters. The Labute approximate surface area is 167 Å². The molecule has 1 aromatic carbocycles. The number of benzene rings is 1. The van der Waals surface area contributed by atoms with Crippen LogP contribution in [0.2, 0.25) is 0 Å². The van der Waals surface area contributed by atoms with Crippen LogP contribution in [0.15, 0.2) is 18.2 Å². The maximum absolute atomic E-state index is 13.4.